The van der Waals surface area contributed by atoms with E-state index in [2.05, 4.69) is 15.4 Å². The van der Waals surface area contributed by atoms with Gasteiger partial charge in [-0.25, -0.2) is 14.3 Å². The van der Waals surface area contributed by atoms with Crippen molar-refractivity contribution in [3.63, 3.8) is 0 Å². The van der Waals surface area contributed by atoms with E-state index in [1.807, 2.05) is 0 Å². The Labute approximate surface area is 121 Å². The van der Waals surface area contributed by atoms with E-state index in [0.717, 1.165) is 25.7 Å². The minimum absolute atomic E-state index is 0.0238. The van der Waals surface area contributed by atoms with Crippen LogP contribution in [0.15, 0.2) is 12.4 Å². The lowest BCUT2D eigenvalue weighted by molar-refractivity contribution is -0.119. The molecule has 7 heteroatoms. The van der Waals surface area contributed by atoms with Gasteiger partial charge in [-0.05, 0) is 19.8 Å². The molecule has 0 unspecified atom stereocenters. The Morgan fingerprint density at radius 2 is 2.24 bits per heavy atom. The molecule has 1 fully saturated rings. The Morgan fingerprint density at radius 1 is 1.48 bits per heavy atom. The molecule has 2 aromatic heterocycles. The van der Waals surface area contributed by atoms with Gasteiger partial charge in [-0.2, -0.15) is 0 Å². The summed E-state index contributed by atoms with van der Waals surface area (Å²) in [5, 5.41) is 5.77. The zero-order valence-corrected chi connectivity index (χ0v) is 11.9. The number of ether oxygens (including phenoxy) is 1. The summed E-state index contributed by atoms with van der Waals surface area (Å²) in [6, 6.07) is 0. The Morgan fingerprint density at radius 3 is 2.95 bits per heavy atom. The molecule has 1 amide bonds. The molecule has 7 nitrogen and oxygen atoms in total. The van der Waals surface area contributed by atoms with Crippen molar-refractivity contribution in [2.45, 2.75) is 32.6 Å². The van der Waals surface area contributed by atoms with Gasteiger partial charge in [-0.3, -0.25) is 9.89 Å². The van der Waals surface area contributed by atoms with Gasteiger partial charge >= 0.3 is 5.97 Å². The zero-order chi connectivity index (χ0) is 14.8. The smallest absolute Gasteiger partial charge is 0.345 e. The number of rotatable bonds is 4. The monoisotopic (exact) mass is 290 g/mol. The maximum atomic E-state index is 12.2. The number of carbonyl (C=O) groups excluding carboxylic acids is 2. The van der Waals surface area contributed by atoms with E-state index in [1.165, 1.54) is 0 Å². The maximum Gasteiger partial charge on any atom is 0.345 e. The number of H-pyrrole nitrogens is 1. The lowest BCUT2D eigenvalue weighted by Crippen LogP contribution is -2.22. The normalized spacial score (nSPS) is 15.5. The van der Waals surface area contributed by atoms with E-state index in [0.29, 0.717) is 11.5 Å². The van der Waals surface area contributed by atoms with E-state index >= 15 is 0 Å². The molecular weight excluding hydrogens is 272 g/mol. The summed E-state index contributed by atoms with van der Waals surface area (Å²) in [7, 11) is 0. The molecule has 2 N–H and O–H groups in total. The average molecular weight is 290 g/mol. The molecule has 21 heavy (non-hydrogen) atoms. The number of esters is 1. The first-order valence-corrected chi connectivity index (χ1v) is 7.23. The number of fused-ring (bicyclic) bond motifs is 1. The molecule has 0 atom stereocenters. The summed E-state index contributed by atoms with van der Waals surface area (Å²) in [5.41, 5.74) is 0.725. The fourth-order valence-corrected chi connectivity index (χ4v) is 2.77. The Kier molecular flexibility index (Phi) is 3.64. The molecule has 0 aliphatic heterocycles. The largest absolute Gasteiger partial charge is 0.462 e. The average Bonchev–Trinajstić information content (AvgIpc) is 3.14. The molecular formula is C14H18N4O3. The maximum absolute atomic E-state index is 12.2. The molecule has 0 bridgehead atoms. The number of carbonyl (C=O) groups is 2. The second-order valence-corrected chi connectivity index (χ2v) is 5.17. The number of nitrogens with one attached hydrogen (secondary N) is 2. The van der Waals surface area contributed by atoms with Gasteiger partial charge in [-0.15, -0.1) is 0 Å². The zero-order valence-electron chi connectivity index (χ0n) is 11.9. The first-order valence-electron chi connectivity index (χ1n) is 7.23. The SMILES string of the molecule is CCOC(=O)c1c(NC(=O)C2CCCC2)[nH]n2ccnc12. The van der Waals surface area contributed by atoms with Crippen molar-refractivity contribution in [1.82, 2.24) is 14.6 Å². The first-order chi connectivity index (χ1) is 10.2. The Hall–Kier alpha value is -2.31. The number of aromatic nitrogens is 3. The van der Waals surface area contributed by atoms with Crippen LogP contribution in [-0.4, -0.2) is 33.1 Å². The third-order valence-electron chi connectivity index (χ3n) is 3.80. The van der Waals surface area contributed by atoms with Gasteiger partial charge in [0.1, 0.15) is 11.4 Å². The molecule has 1 aliphatic rings. The highest BCUT2D eigenvalue weighted by Crippen LogP contribution is 2.27. The Bertz CT molecular complexity index is 667. The van der Waals surface area contributed by atoms with Crippen LogP contribution in [0, 0.1) is 5.92 Å². The van der Waals surface area contributed by atoms with Crippen LogP contribution in [0.25, 0.3) is 5.65 Å². The number of imidazole rings is 1. The standard InChI is InChI=1S/C14H18N4O3/c1-2-21-14(20)10-11(17-18-8-7-15-12(10)18)16-13(19)9-5-3-4-6-9/h7-9,17H,2-6H2,1H3,(H,16,19). The fraction of sp³-hybridized carbons (Fsp3) is 0.500. The van der Waals surface area contributed by atoms with Crippen molar-refractivity contribution < 1.29 is 14.3 Å². The molecule has 2 aromatic rings. The van der Waals surface area contributed by atoms with Crippen LogP contribution in [0.5, 0.6) is 0 Å². The summed E-state index contributed by atoms with van der Waals surface area (Å²) in [6.07, 6.45) is 7.23. The van der Waals surface area contributed by atoms with E-state index < -0.39 is 5.97 Å². The topological polar surface area (TPSA) is 88.5 Å². The van der Waals surface area contributed by atoms with E-state index in [9.17, 15) is 9.59 Å². The second-order valence-electron chi connectivity index (χ2n) is 5.17. The van der Waals surface area contributed by atoms with E-state index in [4.69, 9.17) is 4.74 Å². The molecule has 1 saturated carbocycles. The molecule has 0 aromatic carbocycles. The van der Waals surface area contributed by atoms with Gasteiger partial charge in [0.05, 0.1) is 6.61 Å². The van der Waals surface area contributed by atoms with Crippen LogP contribution in [0.4, 0.5) is 5.82 Å². The van der Waals surface area contributed by atoms with Gasteiger partial charge in [0.2, 0.25) is 5.91 Å². The highest BCUT2D eigenvalue weighted by Gasteiger charge is 2.27. The number of anilines is 1. The molecule has 1 aliphatic carbocycles. The van der Waals surface area contributed by atoms with Crippen LogP contribution >= 0.6 is 0 Å². The number of amides is 1. The molecule has 0 radical (unpaired) electrons. The summed E-state index contributed by atoms with van der Waals surface area (Å²) < 4.78 is 6.64. The predicted molar refractivity (Wildman–Crippen MR) is 76.1 cm³/mol. The van der Waals surface area contributed by atoms with Crippen LogP contribution in [-0.2, 0) is 9.53 Å². The lowest BCUT2D eigenvalue weighted by atomic mass is 10.1. The number of hydrogen-bond donors (Lipinski definition) is 2. The summed E-state index contributed by atoms with van der Waals surface area (Å²) in [6.45, 7) is 2.01. The summed E-state index contributed by atoms with van der Waals surface area (Å²) in [4.78, 5) is 28.5. The summed E-state index contributed by atoms with van der Waals surface area (Å²) in [5.74, 6) is -0.164. The predicted octanol–water partition coefficient (Wildman–Crippen LogP) is 1.97. The lowest BCUT2D eigenvalue weighted by Gasteiger charge is -2.10. The van der Waals surface area contributed by atoms with Crippen LogP contribution in [0.3, 0.4) is 0 Å². The second kappa shape index (κ2) is 5.59. The minimum Gasteiger partial charge on any atom is -0.462 e. The van der Waals surface area contributed by atoms with Crippen molar-refractivity contribution in [3.8, 4) is 0 Å². The van der Waals surface area contributed by atoms with Gasteiger partial charge in [0, 0.05) is 18.3 Å². The highest BCUT2D eigenvalue weighted by atomic mass is 16.5. The molecule has 0 saturated heterocycles. The van der Waals surface area contributed by atoms with Gasteiger partial charge < -0.3 is 10.1 Å². The fourth-order valence-electron chi connectivity index (χ4n) is 2.77. The molecule has 3 rings (SSSR count). The highest BCUT2D eigenvalue weighted by molar-refractivity contribution is 6.05. The summed E-state index contributed by atoms with van der Waals surface area (Å²) >= 11 is 0. The van der Waals surface area contributed by atoms with Gasteiger partial charge in [-0.1, -0.05) is 12.8 Å². The van der Waals surface area contributed by atoms with Crippen molar-refractivity contribution >= 4 is 23.3 Å². The Balaban J connectivity index is 1.89. The third-order valence-corrected chi connectivity index (χ3v) is 3.80. The number of nitrogens with zero attached hydrogens (tertiary/aromatic N) is 2. The van der Waals surface area contributed by atoms with Crippen molar-refractivity contribution in [3.05, 3.63) is 18.0 Å². The number of aromatic amines is 1. The van der Waals surface area contributed by atoms with E-state index in [-0.39, 0.29) is 24.0 Å². The molecule has 112 valence electrons. The molecule has 2 heterocycles. The van der Waals surface area contributed by atoms with Gasteiger partial charge in [0.25, 0.3) is 0 Å². The van der Waals surface area contributed by atoms with Crippen molar-refractivity contribution in [2.75, 3.05) is 11.9 Å². The quantitative estimate of drug-likeness (QED) is 0.843. The van der Waals surface area contributed by atoms with Crippen LogP contribution in [0.1, 0.15) is 43.0 Å². The third kappa shape index (κ3) is 2.51. The van der Waals surface area contributed by atoms with Crippen LogP contribution < -0.4 is 5.32 Å². The minimum atomic E-state index is -0.489. The van der Waals surface area contributed by atoms with Gasteiger partial charge in [0.15, 0.2) is 5.65 Å². The van der Waals surface area contributed by atoms with E-state index in [1.54, 1.807) is 23.8 Å². The van der Waals surface area contributed by atoms with Crippen LogP contribution in [0.2, 0.25) is 0 Å². The first kappa shape index (κ1) is 13.7. The van der Waals surface area contributed by atoms with Crippen molar-refractivity contribution in [2.24, 2.45) is 5.92 Å². The van der Waals surface area contributed by atoms with Crippen molar-refractivity contribution in [1.29, 1.82) is 0 Å². The molecule has 0 spiro atoms. The number of hydrogen-bond acceptors (Lipinski definition) is 4.